The third-order valence-electron chi connectivity index (χ3n) is 3.35. The van der Waals surface area contributed by atoms with Gasteiger partial charge in [0.25, 0.3) is 0 Å². The summed E-state index contributed by atoms with van der Waals surface area (Å²) >= 11 is 0. The van der Waals surface area contributed by atoms with Gasteiger partial charge in [0.2, 0.25) is 0 Å². The van der Waals surface area contributed by atoms with Crippen molar-refractivity contribution in [1.29, 1.82) is 0 Å². The zero-order valence-corrected chi connectivity index (χ0v) is 8.13. The zero-order valence-electron chi connectivity index (χ0n) is 8.13. The number of aldehydes is 1. The summed E-state index contributed by atoms with van der Waals surface area (Å²) in [6.45, 7) is 1.52. The Kier molecular flexibility index (Phi) is 2.68. The van der Waals surface area contributed by atoms with Crippen molar-refractivity contribution in [1.82, 2.24) is 0 Å². The minimum atomic E-state index is -0.110. The number of carbonyl (C=O) groups is 1. The fourth-order valence-electron chi connectivity index (χ4n) is 2.12. The van der Waals surface area contributed by atoms with Gasteiger partial charge in [0.15, 0.2) is 0 Å². The lowest BCUT2D eigenvalue weighted by Gasteiger charge is -2.31. The zero-order chi connectivity index (χ0) is 9.15. The molecule has 1 aliphatic heterocycles. The number of hydrogen-bond donors (Lipinski definition) is 0. The predicted molar refractivity (Wildman–Crippen MR) is 50.5 cm³/mol. The summed E-state index contributed by atoms with van der Waals surface area (Å²) in [6.07, 6.45) is 8.32. The molecule has 1 saturated heterocycles. The highest BCUT2D eigenvalue weighted by molar-refractivity contribution is 5.59. The van der Waals surface area contributed by atoms with Crippen molar-refractivity contribution in [3.8, 4) is 0 Å². The van der Waals surface area contributed by atoms with Gasteiger partial charge in [0.05, 0.1) is 6.61 Å². The second-order valence-electron chi connectivity index (χ2n) is 4.62. The van der Waals surface area contributed by atoms with Crippen LogP contribution in [0.4, 0.5) is 0 Å². The Labute approximate surface area is 79.7 Å². The Balaban J connectivity index is 1.84. The molecule has 0 radical (unpaired) electrons. The summed E-state index contributed by atoms with van der Waals surface area (Å²) in [5.74, 6) is 0.929. The molecule has 0 aromatic heterocycles. The van der Waals surface area contributed by atoms with Crippen LogP contribution in [0.15, 0.2) is 0 Å². The van der Waals surface area contributed by atoms with E-state index in [4.69, 9.17) is 4.74 Å². The van der Waals surface area contributed by atoms with Crippen LogP contribution in [0.1, 0.15) is 38.5 Å². The van der Waals surface area contributed by atoms with Gasteiger partial charge in [-0.15, -0.1) is 0 Å². The fraction of sp³-hybridized carbons (Fsp3) is 0.909. The number of ether oxygens (including phenoxy) is 1. The highest BCUT2D eigenvalue weighted by Crippen LogP contribution is 2.39. The van der Waals surface area contributed by atoms with Crippen molar-refractivity contribution in [3.63, 3.8) is 0 Å². The molecule has 2 nitrogen and oxygen atoms in total. The molecule has 1 aliphatic carbocycles. The Morgan fingerprint density at radius 1 is 1.46 bits per heavy atom. The molecule has 0 spiro atoms. The van der Waals surface area contributed by atoms with Gasteiger partial charge in [-0.3, -0.25) is 0 Å². The molecule has 0 bridgehead atoms. The molecule has 2 heteroatoms. The minimum Gasteiger partial charge on any atom is -0.380 e. The Morgan fingerprint density at radius 2 is 2.31 bits per heavy atom. The van der Waals surface area contributed by atoms with E-state index < -0.39 is 0 Å². The van der Waals surface area contributed by atoms with E-state index in [0.717, 1.165) is 38.1 Å². The number of carbonyl (C=O) groups excluding carboxylic acids is 1. The van der Waals surface area contributed by atoms with Gasteiger partial charge in [0.1, 0.15) is 6.29 Å². The van der Waals surface area contributed by atoms with Crippen molar-refractivity contribution in [2.24, 2.45) is 11.3 Å². The second-order valence-corrected chi connectivity index (χ2v) is 4.62. The first-order chi connectivity index (χ1) is 6.35. The van der Waals surface area contributed by atoms with Crippen LogP contribution in [-0.2, 0) is 9.53 Å². The van der Waals surface area contributed by atoms with Crippen LogP contribution in [0.2, 0.25) is 0 Å². The van der Waals surface area contributed by atoms with E-state index in [2.05, 4.69) is 0 Å². The van der Waals surface area contributed by atoms with Crippen LogP contribution in [0.3, 0.4) is 0 Å². The Morgan fingerprint density at radius 3 is 2.85 bits per heavy atom. The molecular weight excluding hydrogens is 164 g/mol. The normalized spacial score (nSPS) is 34.5. The second kappa shape index (κ2) is 3.79. The van der Waals surface area contributed by atoms with E-state index in [0.29, 0.717) is 6.61 Å². The van der Waals surface area contributed by atoms with Crippen LogP contribution >= 0.6 is 0 Å². The maximum atomic E-state index is 11.0. The average molecular weight is 182 g/mol. The summed E-state index contributed by atoms with van der Waals surface area (Å²) in [6, 6.07) is 0. The van der Waals surface area contributed by atoms with E-state index >= 15 is 0 Å². The molecule has 2 aliphatic rings. The van der Waals surface area contributed by atoms with Gasteiger partial charge in [-0.25, -0.2) is 0 Å². The van der Waals surface area contributed by atoms with Crippen molar-refractivity contribution in [3.05, 3.63) is 0 Å². The average Bonchev–Trinajstić information content (AvgIpc) is 3.00. The van der Waals surface area contributed by atoms with Crippen molar-refractivity contribution < 1.29 is 9.53 Å². The lowest BCUT2D eigenvalue weighted by Crippen LogP contribution is -2.33. The topological polar surface area (TPSA) is 26.3 Å². The molecule has 1 heterocycles. The Bertz CT molecular complexity index is 179. The summed E-state index contributed by atoms with van der Waals surface area (Å²) < 4.78 is 5.40. The molecule has 0 N–H and O–H groups in total. The van der Waals surface area contributed by atoms with E-state index in [9.17, 15) is 4.79 Å². The van der Waals surface area contributed by atoms with E-state index in [1.54, 1.807) is 0 Å². The third kappa shape index (κ3) is 2.31. The molecule has 74 valence electrons. The summed E-state index contributed by atoms with van der Waals surface area (Å²) in [4.78, 5) is 11.0. The Hall–Kier alpha value is -0.370. The fourth-order valence-corrected chi connectivity index (χ4v) is 2.12. The van der Waals surface area contributed by atoms with E-state index in [1.165, 1.54) is 19.3 Å². The standard InChI is InChI=1S/C11H18O2/c12-8-11(5-1-7-13-9-11)6-4-10-2-3-10/h8,10H,1-7,9H2. The SMILES string of the molecule is O=CC1(CCC2CC2)CCCOC1. The molecule has 1 unspecified atom stereocenters. The van der Waals surface area contributed by atoms with Gasteiger partial charge in [0, 0.05) is 12.0 Å². The smallest absolute Gasteiger partial charge is 0.128 e. The van der Waals surface area contributed by atoms with Crippen LogP contribution in [0.25, 0.3) is 0 Å². The number of rotatable bonds is 4. The molecule has 1 saturated carbocycles. The van der Waals surface area contributed by atoms with Crippen LogP contribution < -0.4 is 0 Å². The minimum absolute atomic E-state index is 0.110. The summed E-state index contributed by atoms with van der Waals surface area (Å²) in [5, 5.41) is 0. The van der Waals surface area contributed by atoms with Crippen LogP contribution in [0, 0.1) is 11.3 Å². The monoisotopic (exact) mass is 182 g/mol. The molecule has 0 amide bonds. The third-order valence-corrected chi connectivity index (χ3v) is 3.35. The molecule has 2 rings (SSSR count). The summed E-state index contributed by atoms with van der Waals surface area (Å²) in [7, 11) is 0. The quantitative estimate of drug-likeness (QED) is 0.623. The molecule has 0 aromatic carbocycles. The maximum absolute atomic E-state index is 11.0. The van der Waals surface area contributed by atoms with Gasteiger partial charge in [-0.1, -0.05) is 12.8 Å². The van der Waals surface area contributed by atoms with Gasteiger partial charge < -0.3 is 9.53 Å². The molecule has 0 aromatic rings. The molecule has 13 heavy (non-hydrogen) atoms. The number of hydrogen-bond acceptors (Lipinski definition) is 2. The lowest BCUT2D eigenvalue weighted by molar-refractivity contribution is -0.124. The van der Waals surface area contributed by atoms with Gasteiger partial charge in [-0.2, -0.15) is 0 Å². The van der Waals surface area contributed by atoms with Crippen LogP contribution in [-0.4, -0.2) is 19.5 Å². The van der Waals surface area contributed by atoms with Gasteiger partial charge in [-0.05, 0) is 31.6 Å². The van der Waals surface area contributed by atoms with Crippen molar-refractivity contribution >= 4 is 6.29 Å². The molecule has 2 fully saturated rings. The maximum Gasteiger partial charge on any atom is 0.128 e. The first-order valence-corrected chi connectivity index (χ1v) is 5.39. The molecule has 1 atom stereocenters. The predicted octanol–water partition coefficient (Wildman–Crippen LogP) is 2.17. The largest absolute Gasteiger partial charge is 0.380 e. The van der Waals surface area contributed by atoms with Crippen molar-refractivity contribution in [2.45, 2.75) is 38.5 Å². The first-order valence-electron chi connectivity index (χ1n) is 5.39. The first kappa shape index (κ1) is 9.20. The molecular formula is C11H18O2. The highest BCUT2D eigenvalue weighted by atomic mass is 16.5. The lowest BCUT2D eigenvalue weighted by atomic mass is 9.79. The van der Waals surface area contributed by atoms with Crippen molar-refractivity contribution in [2.75, 3.05) is 13.2 Å². The van der Waals surface area contributed by atoms with Gasteiger partial charge >= 0.3 is 0 Å². The van der Waals surface area contributed by atoms with E-state index in [-0.39, 0.29) is 5.41 Å². The van der Waals surface area contributed by atoms with Crippen LogP contribution in [0.5, 0.6) is 0 Å². The summed E-state index contributed by atoms with van der Waals surface area (Å²) in [5.41, 5.74) is -0.110. The van der Waals surface area contributed by atoms with E-state index in [1.807, 2.05) is 0 Å². The highest BCUT2D eigenvalue weighted by Gasteiger charge is 2.34.